The van der Waals surface area contributed by atoms with Gasteiger partial charge in [0.1, 0.15) is 5.84 Å². The molecule has 4 heteroatoms. The van der Waals surface area contributed by atoms with Gasteiger partial charge in [-0.15, -0.1) is 0 Å². The van der Waals surface area contributed by atoms with Crippen molar-refractivity contribution >= 4 is 34.7 Å². The van der Waals surface area contributed by atoms with Crippen molar-refractivity contribution in [3.63, 3.8) is 0 Å². The zero-order chi connectivity index (χ0) is 12.1. The van der Waals surface area contributed by atoms with Crippen LogP contribution in [0.1, 0.15) is 13.8 Å². The quantitative estimate of drug-likeness (QED) is 0.616. The molecule has 0 aromatic heterocycles. The Kier molecular flexibility index (Phi) is 4.84. The van der Waals surface area contributed by atoms with Crippen LogP contribution in [0.5, 0.6) is 0 Å². The van der Waals surface area contributed by atoms with Gasteiger partial charge in [-0.25, -0.2) is 0 Å². The van der Waals surface area contributed by atoms with Crippen molar-refractivity contribution in [2.24, 2.45) is 4.99 Å². The molecule has 0 radical (unpaired) electrons. The number of nitrogens with zero attached hydrogens (tertiary/aromatic N) is 1. The Morgan fingerprint density at radius 3 is 2.50 bits per heavy atom. The molecule has 2 nitrogen and oxygen atoms in total. The van der Waals surface area contributed by atoms with Gasteiger partial charge in [-0.3, -0.25) is 4.99 Å². The van der Waals surface area contributed by atoms with E-state index >= 15 is 0 Å². The highest BCUT2D eigenvalue weighted by molar-refractivity contribution is 6.42. The summed E-state index contributed by atoms with van der Waals surface area (Å²) in [5.41, 5.74) is 1.95. The predicted octanol–water partition coefficient (Wildman–Crippen LogP) is 4.40. The Bertz CT molecular complexity index is 437. The van der Waals surface area contributed by atoms with Crippen LogP contribution in [0.2, 0.25) is 10.0 Å². The number of nitrogens with one attached hydrogen (secondary N) is 1. The fourth-order valence-corrected chi connectivity index (χ4v) is 1.48. The van der Waals surface area contributed by atoms with Crippen LogP contribution in [0, 0.1) is 0 Å². The van der Waals surface area contributed by atoms with Crippen molar-refractivity contribution in [3.8, 4) is 0 Å². The van der Waals surface area contributed by atoms with Gasteiger partial charge in [-0.05, 0) is 37.6 Å². The first-order chi connectivity index (χ1) is 7.58. The molecule has 0 aliphatic heterocycles. The van der Waals surface area contributed by atoms with E-state index < -0.39 is 0 Å². The number of anilines is 1. The standard InChI is InChI=1S/C12H14Cl2N2/c1-4-8(2)12(15-3)16-9-5-6-10(13)11(14)7-9/h4-7H,1-3H3,(H,15,16)/b8-4+. The van der Waals surface area contributed by atoms with E-state index in [1.807, 2.05) is 26.0 Å². The summed E-state index contributed by atoms with van der Waals surface area (Å²) >= 11 is 11.8. The molecule has 0 aliphatic carbocycles. The highest BCUT2D eigenvalue weighted by Crippen LogP contribution is 2.25. The monoisotopic (exact) mass is 256 g/mol. The summed E-state index contributed by atoms with van der Waals surface area (Å²) in [4.78, 5) is 4.17. The zero-order valence-electron chi connectivity index (χ0n) is 9.51. The van der Waals surface area contributed by atoms with E-state index in [2.05, 4.69) is 10.3 Å². The van der Waals surface area contributed by atoms with Crippen LogP contribution < -0.4 is 5.32 Å². The second-order valence-corrected chi connectivity index (χ2v) is 4.11. The molecule has 0 saturated carbocycles. The molecule has 0 atom stereocenters. The van der Waals surface area contributed by atoms with Crippen LogP contribution in [-0.2, 0) is 0 Å². The predicted molar refractivity (Wildman–Crippen MR) is 72.9 cm³/mol. The Balaban J connectivity index is 2.92. The average Bonchev–Trinajstić information content (AvgIpc) is 2.29. The van der Waals surface area contributed by atoms with Crippen LogP contribution in [-0.4, -0.2) is 12.9 Å². The summed E-state index contributed by atoms with van der Waals surface area (Å²) in [5.74, 6) is 0.820. The van der Waals surface area contributed by atoms with Gasteiger partial charge in [-0.1, -0.05) is 29.3 Å². The number of amidine groups is 1. The third-order valence-electron chi connectivity index (χ3n) is 2.21. The zero-order valence-corrected chi connectivity index (χ0v) is 11.0. The first-order valence-corrected chi connectivity index (χ1v) is 5.66. The smallest absolute Gasteiger partial charge is 0.127 e. The lowest BCUT2D eigenvalue weighted by atomic mass is 10.2. The molecule has 0 fully saturated rings. The normalized spacial score (nSPS) is 12.8. The fraction of sp³-hybridized carbons (Fsp3) is 0.250. The van der Waals surface area contributed by atoms with Gasteiger partial charge in [0.05, 0.1) is 10.0 Å². The molecule has 0 aliphatic rings. The van der Waals surface area contributed by atoms with Crippen molar-refractivity contribution in [1.82, 2.24) is 0 Å². The number of halogens is 2. The Morgan fingerprint density at radius 1 is 1.31 bits per heavy atom. The number of rotatable bonds is 2. The lowest BCUT2D eigenvalue weighted by Gasteiger charge is -2.10. The minimum atomic E-state index is 0.528. The number of benzene rings is 1. The maximum atomic E-state index is 5.93. The van der Waals surface area contributed by atoms with Gasteiger partial charge in [0.2, 0.25) is 0 Å². The molecule has 0 spiro atoms. The number of aliphatic imine (C=N–C) groups is 1. The van der Waals surface area contributed by atoms with Crippen LogP contribution in [0.25, 0.3) is 0 Å². The van der Waals surface area contributed by atoms with Crippen molar-refractivity contribution in [2.45, 2.75) is 13.8 Å². The average molecular weight is 257 g/mol. The Hall–Kier alpha value is -0.990. The van der Waals surface area contributed by atoms with E-state index in [1.54, 1.807) is 19.2 Å². The van der Waals surface area contributed by atoms with E-state index in [4.69, 9.17) is 23.2 Å². The van der Waals surface area contributed by atoms with Crippen LogP contribution in [0.3, 0.4) is 0 Å². The van der Waals surface area contributed by atoms with Gasteiger partial charge in [0, 0.05) is 12.7 Å². The summed E-state index contributed by atoms with van der Waals surface area (Å²) in [6, 6.07) is 5.39. The molecular weight excluding hydrogens is 243 g/mol. The summed E-state index contributed by atoms with van der Waals surface area (Å²) in [5, 5.41) is 4.26. The van der Waals surface area contributed by atoms with Crippen molar-refractivity contribution in [2.75, 3.05) is 12.4 Å². The summed E-state index contributed by atoms with van der Waals surface area (Å²) in [6.07, 6.45) is 1.99. The third kappa shape index (κ3) is 3.26. The van der Waals surface area contributed by atoms with Crippen molar-refractivity contribution in [3.05, 3.63) is 39.9 Å². The van der Waals surface area contributed by atoms with Crippen LogP contribution in [0.15, 0.2) is 34.8 Å². The third-order valence-corrected chi connectivity index (χ3v) is 2.95. The van der Waals surface area contributed by atoms with Gasteiger partial charge in [-0.2, -0.15) is 0 Å². The first-order valence-electron chi connectivity index (χ1n) is 4.90. The van der Waals surface area contributed by atoms with E-state index in [1.165, 1.54) is 0 Å². The molecule has 86 valence electrons. The van der Waals surface area contributed by atoms with Gasteiger partial charge in [0.15, 0.2) is 0 Å². The van der Waals surface area contributed by atoms with E-state index in [0.717, 1.165) is 17.1 Å². The highest BCUT2D eigenvalue weighted by atomic mass is 35.5. The maximum absolute atomic E-state index is 5.93. The topological polar surface area (TPSA) is 24.4 Å². The van der Waals surface area contributed by atoms with Crippen LogP contribution in [0.4, 0.5) is 5.69 Å². The second-order valence-electron chi connectivity index (χ2n) is 3.30. The number of allylic oxidation sites excluding steroid dienone is 1. The Morgan fingerprint density at radius 2 is 2.00 bits per heavy atom. The number of hydrogen-bond acceptors (Lipinski definition) is 1. The molecule has 1 rings (SSSR count). The maximum Gasteiger partial charge on any atom is 0.127 e. The largest absolute Gasteiger partial charge is 0.340 e. The minimum Gasteiger partial charge on any atom is -0.340 e. The van der Waals surface area contributed by atoms with Gasteiger partial charge < -0.3 is 5.32 Å². The molecule has 0 bridgehead atoms. The second kappa shape index (κ2) is 5.92. The van der Waals surface area contributed by atoms with Crippen molar-refractivity contribution in [1.29, 1.82) is 0 Å². The van der Waals surface area contributed by atoms with E-state index in [-0.39, 0.29) is 0 Å². The summed E-state index contributed by atoms with van der Waals surface area (Å²) < 4.78 is 0. The van der Waals surface area contributed by atoms with Gasteiger partial charge >= 0.3 is 0 Å². The molecular formula is C12H14Cl2N2. The molecule has 0 heterocycles. The lowest BCUT2D eigenvalue weighted by Crippen LogP contribution is -2.13. The molecule has 0 unspecified atom stereocenters. The van der Waals surface area contributed by atoms with Crippen LogP contribution >= 0.6 is 23.2 Å². The Labute approximate surface area is 106 Å². The van der Waals surface area contributed by atoms with E-state index in [9.17, 15) is 0 Å². The summed E-state index contributed by atoms with van der Waals surface area (Å²) in [7, 11) is 1.74. The molecule has 16 heavy (non-hydrogen) atoms. The SMILES string of the molecule is C/C=C(\C)C(=NC)Nc1ccc(Cl)c(Cl)c1. The molecule has 0 saturated heterocycles. The highest BCUT2D eigenvalue weighted by Gasteiger charge is 2.03. The molecule has 1 aromatic carbocycles. The molecule has 1 aromatic rings. The summed E-state index contributed by atoms with van der Waals surface area (Å²) in [6.45, 7) is 3.96. The first kappa shape index (κ1) is 13.1. The molecule has 1 N–H and O–H groups in total. The van der Waals surface area contributed by atoms with Gasteiger partial charge in [0.25, 0.3) is 0 Å². The van der Waals surface area contributed by atoms with E-state index in [0.29, 0.717) is 10.0 Å². The lowest BCUT2D eigenvalue weighted by molar-refractivity contribution is 1.37. The molecule has 0 amide bonds. The minimum absolute atomic E-state index is 0.528. The van der Waals surface area contributed by atoms with Crippen molar-refractivity contribution < 1.29 is 0 Å². The number of hydrogen-bond donors (Lipinski definition) is 1. The fourth-order valence-electron chi connectivity index (χ4n) is 1.18.